The van der Waals surface area contributed by atoms with E-state index in [2.05, 4.69) is 38.1 Å². The van der Waals surface area contributed by atoms with Crippen molar-refractivity contribution < 1.29 is 17.7 Å². The molecule has 2 rings (SSSR count). The second-order valence-electron chi connectivity index (χ2n) is 6.58. The Morgan fingerprint density at radius 2 is 0.929 bits per heavy atom. The minimum absolute atomic E-state index is 1.12. The number of rotatable bonds is 10. The zero-order chi connectivity index (χ0) is 20.9. The van der Waals surface area contributed by atoms with Gasteiger partial charge in [-0.2, -0.15) is 0 Å². The highest BCUT2D eigenvalue weighted by Gasteiger charge is 2.40. The molecule has 0 amide bonds. The lowest BCUT2D eigenvalue weighted by molar-refractivity contribution is 0.240. The number of hydrogen-bond donors (Lipinski definition) is 0. The lowest BCUT2D eigenvalue weighted by Gasteiger charge is -2.27. The molecule has 0 N–H and O–H groups in total. The Balaban J connectivity index is 0.000000311. The topological polar surface area (TPSA) is 36.9 Å². The summed E-state index contributed by atoms with van der Waals surface area (Å²) in [6.07, 6.45) is 2.32. The summed E-state index contributed by atoms with van der Waals surface area (Å²) in [5.41, 5.74) is 0. The SMILES string of the molecule is CCC[Si](CCC)(OC)OC.CO[Si](OC)(c1ccccc1)c1ccccc1. The third kappa shape index (κ3) is 6.37. The summed E-state index contributed by atoms with van der Waals surface area (Å²) in [4.78, 5) is 0. The van der Waals surface area contributed by atoms with E-state index in [0.717, 1.165) is 35.3 Å². The summed E-state index contributed by atoms with van der Waals surface area (Å²) < 4.78 is 22.5. The van der Waals surface area contributed by atoms with Gasteiger partial charge in [0.1, 0.15) is 0 Å². The van der Waals surface area contributed by atoms with Gasteiger partial charge in [0.2, 0.25) is 0 Å². The maximum absolute atomic E-state index is 5.78. The van der Waals surface area contributed by atoms with Crippen LogP contribution in [0.3, 0.4) is 0 Å². The molecule has 0 aromatic heterocycles. The molecule has 0 aliphatic rings. The highest BCUT2D eigenvalue weighted by molar-refractivity contribution is 6.92. The average molecular weight is 421 g/mol. The van der Waals surface area contributed by atoms with Gasteiger partial charge in [-0.05, 0) is 22.5 Å². The standard InChI is InChI=1S/C14H16O2Si.C8H20O2Si/c1-15-17(16-2,13-9-5-3-6-10-13)14-11-7-4-8-12-14;1-5-7-11(9-3,10-4)8-6-2/h3-12H,1-2H3;5-8H2,1-4H3. The van der Waals surface area contributed by atoms with Crippen molar-refractivity contribution in [2.45, 2.75) is 38.8 Å². The van der Waals surface area contributed by atoms with Crippen LogP contribution in [0.25, 0.3) is 0 Å². The fourth-order valence-electron chi connectivity index (χ4n) is 3.41. The first-order valence-electron chi connectivity index (χ1n) is 9.89. The van der Waals surface area contributed by atoms with E-state index in [-0.39, 0.29) is 0 Å². The van der Waals surface area contributed by atoms with Crippen molar-refractivity contribution in [1.82, 2.24) is 0 Å². The summed E-state index contributed by atoms with van der Waals surface area (Å²) in [5, 5.41) is 2.24. The molecular weight excluding hydrogens is 384 g/mol. The zero-order valence-electron chi connectivity index (χ0n) is 18.2. The van der Waals surface area contributed by atoms with E-state index in [4.69, 9.17) is 17.7 Å². The Hall–Kier alpha value is -1.29. The molecule has 0 unspecified atom stereocenters. The summed E-state index contributed by atoms with van der Waals surface area (Å²) >= 11 is 0. The third-order valence-electron chi connectivity index (χ3n) is 4.89. The van der Waals surface area contributed by atoms with Crippen molar-refractivity contribution >= 4 is 27.5 Å². The van der Waals surface area contributed by atoms with Gasteiger partial charge in [0, 0.05) is 28.4 Å². The monoisotopic (exact) mass is 420 g/mol. The van der Waals surface area contributed by atoms with E-state index in [1.165, 1.54) is 0 Å². The van der Waals surface area contributed by atoms with E-state index >= 15 is 0 Å². The molecule has 0 aliphatic carbocycles. The van der Waals surface area contributed by atoms with Gasteiger partial charge in [0.05, 0.1) is 0 Å². The van der Waals surface area contributed by atoms with E-state index in [1.807, 2.05) is 36.4 Å². The van der Waals surface area contributed by atoms with Gasteiger partial charge < -0.3 is 17.7 Å². The first-order valence-corrected chi connectivity index (χ1v) is 13.9. The minimum atomic E-state index is -2.50. The van der Waals surface area contributed by atoms with E-state index in [9.17, 15) is 0 Å². The Bertz CT molecular complexity index is 580. The molecule has 0 heterocycles. The van der Waals surface area contributed by atoms with Crippen LogP contribution in [0.4, 0.5) is 0 Å². The lowest BCUT2D eigenvalue weighted by atomic mass is 10.4. The fraction of sp³-hybridized carbons (Fsp3) is 0.455. The molecule has 2 aromatic rings. The van der Waals surface area contributed by atoms with Crippen molar-refractivity contribution in [2.24, 2.45) is 0 Å². The normalized spacial score (nSPS) is 11.6. The average Bonchev–Trinajstić information content (AvgIpc) is 2.77. The first-order chi connectivity index (χ1) is 13.6. The molecule has 4 nitrogen and oxygen atoms in total. The Labute approximate surface area is 173 Å². The van der Waals surface area contributed by atoms with Gasteiger partial charge in [-0.25, -0.2) is 0 Å². The van der Waals surface area contributed by atoms with Crippen LogP contribution in [0, 0.1) is 0 Å². The molecule has 0 spiro atoms. The van der Waals surface area contributed by atoms with Gasteiger partial charge in [0.25, 0.3) is 0 Å². The molecule has 6 heteroatoms. The van der Waals surface area contributed by atoms with Gasteiger partial charge in [-0.3, -0.25) is 0 Å². The number of benzene rings is 2. The molecule has 0 atom stereocenters. The first kappa shape index (κ1) is 24.8. The molecule has 156 valence electrons. The summed E-state index contributed by atoms with van der Waals surface area (Å²) in [6, 6.07) is 22.5. The number of hydrogen-bond acceptors (Lipinski definition) is 4. The Morgan fingerprint density at radius 1 is 0.571 bits per heavy atom. The predicted molar refractivity (Wildman–Crippen MR) is 122 cm³/mol. The van der Waals surface area contributed by atoms with E-state index in [1.54, 1.807) is 28.4 Å². The smallest absolute Gasteiger partial charge is 0.398 e. The van der Waals surface area contributed by atoms with Crippen LogP contribution in [0.15, 0.2) is 60.7 Å². The fourth-order valence-corrected chi connectivity index (χ4v) is 8.88. The molecule has 0 bridgehead atoms. The molecule has 0 saturated heterocycles. The minimum Gasteiger partial charge on any atom is -0.398 e. The van der Waals surface area contributed by atoms with Gasteiger partial charge in [-0.1, -0.05) is 87.4 Å². The molecule has 0 aliphatic heterocycles. The molecule has 0 radical (unpaired) electrons. The summed E-state index contributed by atoms with van der Waals surface area (Å²) in [5.74, 6) is 0. The molecule has 0 fully saturated rings. The second kappa shape index (κ2) is 13.0. The van der Waals surface area contributed by atoms with E-state index in [0.29, 0.717) is 0 Å². The molecular formula is C22H36O4Si2. The largest absolute Gasteiger partial charge is 0.406 e. The van der Waals surface area contributed by atoms with Crippen molar-refractivity contribution in [3.8, 4) is 0 Å². The van der Waals surface area contributed by atoms with E-state index < -0.39 is 17.1 Å². The maximum atomic E-state index is 5.78. The summed E-state index contributed by atoms with van der Waals surface area (Å²) in [7, 11) is 2.75. The van der Waals surface area contributed by atoms with Crippen molar-refractivity contribution in [3.05, 3.63) is 60.7 Å². The van der Waals surface area contributed by atoms with Crippen LogP contribution >= 0.6 is 0 Å². The highest BCUT2D eigenvalue weighted by atomic mass is 28.4. The van der Waals surface area contributed by atoms with Crippen LogP contribution in [-0.2, 0) is 17.7 Å². The predicted octanol–water partition coefficient (Wildman–Crippen LogP) is 4.08. The Morgan fingerprint density at radius 3 is 1.18 bits per heavy atom. The van der Waals surface area contributed by atoms with Crippen LogP contribution < -0.4 is 10.4 Å². The Kier molecular flexibility index (Phi) is 11.5. The van der Waals surface area contributed by atoms with Gasteiger partial charge in [-0.15, -0.1) is 0 Å². The van der Waals surface area contributed by atoms with Crippen LogP contribution in [-0.4, -0.2) is 45.6 Å². The van der Waals surface area contributed by atoms with Crippen molar-refractivity contribution in [1.29, 1.82) is 0 Å². The maximum Gasteiger partial charge on any atom is 0.406 e. The summed E-state index contributed by atoms with van der Waals surface area (Å²) in [6.45, 7) is 4.35. The molecule has 2 aromatic carbocycles. The molecule has 28 heavy (non-hydrogen) atoms. The molecule has 0 saturated carbocycles. The van der Waals surface area contributed by atoms with Crippen molar-refractivity contribution in [2.75, 3.05) is 28.4 Å². The van der Waals surface area contributed by atoms with Crippen LogP contribution in [0.2, 0.25) is 12.1 Å². The van der Waals surface area contributed by atoms with Gasteiger partial charge >= 0.3 is 17.1 Å². The van der Waals surface area contributed by atoms with Crippen LogP contribution in [0.5, 0.6) is 0 Å². The third-order valence-corrected chi connectivity index (χ3v) is 12.2. The second-order valence-corrected chi connectivity index (χ2v) is 13.4. The lowest BCUT2D eigenvalue weighted by Crippen LogP contribution is -2.62. The van der Waals surface area contributed by atoms with Crippen molar-refractivity contribution in [3.63, 3.8) is 0 Å². The quantitative estimate of drug-likeness (QED) is 0.543. The van der Waals surface area contributed by atoms with Crippen LogP contribution in [0.1, 0.15) is 26.7 Å². The zero-order valence-corrected chi connectivity index (χ0v) is 20.2. The van der Waals surface area contributed by atoms with Gasteiger partial charge in [0.15, 0.2) is 0 Å². The highest BCUT2D eigenvalue weighted by Crippen LogP contribution is 2.20.